The summed E-state index contributed by atoms with van der Waals surface area (Å²) in [6.07, 6.45) is 0. The molecule has 4 heteroatoms. The Morgan fingerprint density at radius 3 is 3.00 bits per heavy atom. The number of anilines is 1. The maximum absolute atomic E-state index is 5.82. The predicted molar refractivity (Wildman–Crippen MR) is 59.9 cm³/mol. The number of rotatable bonds is 3. The van der Waals surface area contributed by atoms with Gasteiger partial charge in [-0.15, -0.1) is 11.6 Å². The number of nitrogens with one attached hydrogen (secondary N) is 2. The summed E-state index contributed by atoms with van der Waals surface area (Å²) >= 11 is 5.82. The molecule has 0 radical (unpaired) electrons. The molecule has 0 spiro atoms. The smallest absolute Gasteiger partial charge is 0.201 e. The van der Waals surface area contributed by atoms with Gasteiger partial charge < -0.3 is 10.3 Å². The molecule has 1 heterocycles. The molecular formula is C10H12ClN3. The van der Waals surface area contributed by atoms with Gasteiger partial charge in [-0.3, -0.25) is 0 Å². The Morgan fingerprint density at radius 2 is 2.29 bits per heavy atom. The van der Waals surface area contributed by atoms with Crippen LogP contribution in [0.3, 0.4) is 0 Å². The van der Waals surface area contributed by atoms with E-state index in [-0.39, 0.29) is 5.38 Å². The average molecular weight is 210 g/mol. The molecule has 0 aliphatic rings. The average Bonchev–Trinajstić information content (AvgIpc) is 2.57. The van der Waals surface area contributed by atoms with Crippen LogP contribution in [-0.4, -0.2) is 21.9 Å². The first-order valence-electron chi connectivity index (χ1n) is 4.58. The summed E-state index contributed by atoms with van der Waals surface area (Å²) in [6, 6.07) is 7.92. The summed E-state index contributed by atoms with van der Waals surface area (Å²) in [6.45, 7) is 2.65. The molecular weight excluding hydrogens is 198 g/mol. The predicted octanol–water partition coefficient (Wildman–Crippen LogP) is 2.60. The Morgan fingerprint density at radius 1 is 1.50 bits per heavy atom. The molecule has 0 saturated carbocycles. The number of imidazole rings is 1. The summed E-state index contributed by atoms with van der Waals surface area (Å²) in [5.74, 6) is 0.777. The third-order valence-corrected chi connectivity index (χ3v) is 2.09. The SMILES string of the molecule is C[C@H](Cl)CNc1nc2ccccc2[nH]1. The van der Waals surface area contributed by atoms with Crippen LogP contribution in [0.2, 0.25) is 0 Å². The van der Waals surface area contributed by atoms with Crippen LogP contribution in [0.25, 0.3) is 11.0 Å². The summed E-state index contributed by atoms with van der Waals surface area (Å²) in [4.78, 5) is 7.53. The fourth-order valence-electron chi connectivity index (χ4n) is 1.27. The van der Waals surface area contributed by atoms with Gasteiger partial charge in [-0.05, 0) is 19.1 Å². The van der Waals surface area contributed by atoms with Gasteiger partial charge in [0.2, 0.25) is 5.95 Å². The molecule has 0 aliphatic heterocycles. The Balaban J connectivity index is 2.19. The summed E-state index contributed by atoms with van der Waals surface area (Å²) in [5, 5.41) is 3.24. The number of halogens is 1. The van der Waals surface area contributed by atoms with E-state index in [1.165, 1.54) is 0 Å². The molecule has 2 aromatic rings. The number of hydrogen-bond acceptors (Lipinski definition) is 2. The number of para-hydroxylation sites is 2. The number of alkyl halides is 1. The minimum Gasteiger partial charge on any atom is -0.354 e. The fraction of sp³-hybridized carbons (Fsp3) is 0.300. The first kappa shape index (κ1) is 9.34. The third kappa shape index (κ3) is 1.99. The van der Waals surface area contributed by atoms with Crippen LogP contribution < -0.4 is 5.32 Å². The number of hydrogen-bond donors (Lipinski definition) is 2. The Bertz CT molecular complexity index is 389. The summed E-state index contributed by atoms with van der Waals surface area (Å²) < 4.78 is 0. The third-order valence-electron chi connectivity index (χ3n) is 1.94. The van der Waals surface area contributed by atoms with Gasteiger partial charge in [0, 0.05) is 11.9 Å². The minimum absolute atomic E-state index is 0.100. The lowest BCUT2D eigenvalue weighted by Gasteiger charge is -2.02. The van der Waals surface area contributed by atoms with E-state index < -0.39 is 0 Å². The van der Waals surface area contributed by atoms with E-state index in [1.54, 1.807) is 0 Å². The minimum atomic E-state index is 0.100. The molecule has 0 unspecified atom stereocenters. The highest BCUT2D eigenvalue weighted by atomic mass is 35.5. The first-order valence-corrected chi connectivity index (χ1v) is 5.02. The number of H-pyrrole nitrogens is 1. The zero-order chi connectivity index (χ0) is 9.97. The normalized spacial score (nSPS) is 13.0. The second-order valence-electron chi connectivity index (χ2n) is 3.26. The van der Waals surface area contributed by atoms with Gasteiger partial charge in [-0.25, -0.2) is 4.98 Å². The Labute approximate surface area is 87.5 Å². The number of benzene rings is 1. The molecule has 2 N–H and O–H groups in total. The van der Waals surface area contributed by atoms with Gasteiger partial charge in [0.15, 0.2) is 0 Å². The van der Waals surface area contributed by atoms with Crippen LogP contribution >= 0.6 is 11.6 Å². The summed E-state index contributed by atoms with van der Waals surface area (Å²) in [5.41, 5.74) is 2.01. The van der Waals surface area contributed by atoms with E-state index in [1.807, 2.05) is 31.2 Å². The van der Waals surface area contributed by atoms with Gasteiger partial charge in [0.05, 0.1) is 11.0 Å². The summed E-state index contributed by atoms with van der Waals surface area (Å²) in [7, 11) is 0. The van der Waals surface area contributed by atoms with Crippen molar-refractivity contribution in [3.8, 4) is 0 Å². The van der Waals surface area contributed by atoms with E-state index >= 15 is 0 Å². The van der Waals surface area contributed by atoms with Crippen LogP contribution in [0, 0.1) is 0 Å². The fourth-order valence-corrected chi connectivity index (χ4v) is 1.35. The van der Waals surface area contributed by atoms with Gasteiger partial charge in [-0.1, -0.05) is 12.1 Å². The van der Waals surface area contributed by atoms with E-state index in [4.69, 9.17) is 11.6 Å². The highest BCUT2D eigenvalue weighted by Gasteiger charge is 2.01. The van der Waals surface area contributed by atoms with Crippen LogP contribution in [0.5, 0.6) is 0 Å². The zero-order valence-corrected chi connectivity index (χ0v) is 8.67. The number of fused-ring (bicyclic) bond motifs is 1. The maximum Gasteiger partial charge on any atom is 0.201 e. The molecule has 74 valence electrons. The van der Waals surface area contributed by atoms with Crippen molar-refractivity contribution in [2.45, 2.75) is 12.3 Å². The zero-order valence-electron chi connectivity index (χ0n) is 7.92. The second kappa shape index (κ2) is 3.88. The molecule has 1 aromatic carbocycles. The molecule has 3 nitrogen and oxygen atoms in total. The Hall–Kier alpha value is -1.22. The topological polar surface area (TPSA) is 40.7 Å². The second-order valence-corrected chi connectivity index (χ2v) is 4.01. The van der Waals surface area contributed by atoms with Gasteiger partial charge in [0.1, 0.15) is 0 Å². The van der Waals surface area contributed by atoms with E-state index in [0.29, 0.717) is 6.54 Å². The van der Waals surface area contributed by atoms with Crippen molar-refractivity contribution in [2.24, 2.45) is 0 Å². The van der Waals surface area contributed by atoms with Crippen LogP contribution in [0.1, 0.15) is 6.92 Å². The lowest BCUT2D eigenvalue weighted by molar-refractivity contribution is 0.972. The van der Waals surface area contributed by atoms with Crippen molar-refractivity contribution in [1.82, 2.24) is 9.97 Å². The molecule has 0 aliphatic carbocycles. The van der Waals surface area contributed by atoms with Crippen molar-refractivity contribution in [3.63, 3.8) is 0 Å². The Kier molecular flexibility index (Phi) is 2.59. The van der Waals surface area contributed by atoms with Crippen molar-refractivity contribution in [3.05, 3.63) is 24.3 Å². The molecule has 1 atom stereocenters. The molecule has 14 heavy (non-hydrogen) atoms. The molecule has 0 bridgehead atoms. The highest BCUT2D eigenvalue weighted by molar-refractivity contribution is 6.20. The van der Waals surface area contributed by atoms with E-state index in [9.17, 15) is 0 Å². The van der Waals surface area contributed by atoms with Gasteiger partial charge >= 0.3 is 0 Å². The van der Waals surface area contributed by atoms with Crippen LogP contribution in [0.15, 0.2) is 24.3 Å². The van der Waals surface area contributed by atoms with Gasteiger partial charge in [-0.2, -0.15) is 0 Å². The number of aromatic amines is 1. The van der Waals surface area contributed by atoms with E-state index in [2.05, 4.69) is 15.3 Å². The molecule has 2 rings (SSSR count). The lowest BCUT2D eigenvalue weighted by atomic mass is 10.3. The maximum atomic E-state index is 5.82. The standard InChI is InChI=1S/C10H12ClN3/c1-7(11)6-12-10-13-8-4-2-3-5-9(8)14-10/h2-5,7H,6H2,1H3,(H2,12,13,14)/t7-/m0/s1. The quantitative estimate of drug-likeness (QED) is 0.763. The largest absolute Gasteiger partial charge is 0.354 e. The molecule has 0 amide bonds. The monoisotopic (exact) mass is 209 g/mol. The lowest BCUT2D eigenvalue weighted by Crippen LogP contribution is -2.11. The number of aromatic nitrogens is 2. The van der Waals surface area contributed by atoms with Crippen LogP contribution in [0.4, 0.5) is 5.95 Å². The van der Waals surface area contributed by atoms with Crippen LogP contribution in [-0.2, 0) is 0 Å². The highest BCUT2D eigenvalue weighted by Crippen LogP contribution is 2.13. The van der Waals surface area contributed by atoms with Gasteiger partial charge in [0.25, 0.3) is 0 Å². The number of nitrogens with zero attached hydrogens (tertiary/aromatic N) is 1. The van der Waals surface area contributed by atoms with Crippen molar-refractivity contribution >= 4 is 28.6 Å². The van der Waals surface area contributed by atoms with Crippen molar-refractivity contribution in [2.75, 3.05) is 11.9 Å². The van der Waals surface area contributed by atoms with Crippen molar-refractivity contribution < 1.29 is 0 Å². The molecule has 0 fully saturated rings. The van der Waals surface area contributed by atoms with Crippen molar-refractivity contribution in [1.29, 1.82) is 0 Å². The molecule has 0 saturated heterocycles. The molecule has 1 aromatic heterocycles. The van der Waals surface area contributed by atoms with E-state index in [0.717, 1.165) is 17.0 Å². The first-order chi connectivity index (χ1) is 6.75.